The zero-order valence-corrected chi connectivity index (χ0v) is 14.7. The van der Waals surface area contributed by atoms with Crippen molar-refractivity contribution < 1.29 is 19.1 Å². The average Bonchev–Trinajstić information content (AvgIpc) is 2.60. The number of carbonyl (C=O) groups is 2. The fourth-order valence-electron chi connectivity index (χ4n) is 2.19. The van der Waals surface area contributed by atoms with Gasteiger partial charge in [-0.1, -0.05) is 35.4 Å². The highest BCUT2D eigenvalue weighted by atomic mass is 16.6. The molecule has 0 unspecified atom stereocenters. The first-order chi connectivity index (χ1) is 12.0. The van der Waals surface area contributed by atoms with Gasteiger partial charge in [0.25, 0.3) is 5.91 Å². The minimum absolute atomic E-state index is 0.122. The minimum atomic E-state index is -0.729. The van der Waals surface area contributed by atoms with E-state index in [-0.39, 0.29) is 19.1 Å². The van der Waals surface area contributed by atoms with Crippen molar-refractivity contribution in [1.29, 1.82) is 0 Å². The minimum Gasteiger partial charge on any atom is -0.490 e. The molecule has 132 valence electrons. The molecule has 1 amide bonds. The number of aryl methyl sites for hydroxylation is 2. The molecule has 0 aromatic heterocycles. The summed E-state index contributed by atoms with van der Waals surface area (Å²) in [6.45, 7) is 5.88. The summed E-state index contributed by atoms with van der Waals surface area (Å²) in [6, 6.07) is 14.1. The van der Waals surface area contributed by atoms with E-state index in [9.17, 15) is 9.59 Å². The molecule has 2 aromatic carbocycles. The van der Waals surface area contributed by atoms with Crippen molar-refractivity contribution in [3.63, 3.8) is 0 Å². The first-order valence-corrected chi connectivity index (χ1v) is 8.19. The Morgan fingerprint density at radius 3 is 2.40 bits per heavy atom. The maximum atomic E-state index is 12.1. The van der Waals surface area contributed by atoms with Crippen molar-refractivity contribution in [2.75, 3.05) is 13.2 Å². The summed E-state index contributed by atoms with van der Waals surface area (Å²) in [4.78, 5) is 24.1. The Labute approximate surface area is 148 Å². The summed E-state index contributed by atoms with van der Waals surface area (Å²) in [5.74, 6) is -0.0694. The predicted octanol–water partition coefficient (Wildman–Crippen LogP) is 3.04. The van der Waals surface area contributed by atoms with Gasteiger partial charge < -0.3 is 14.8 Å². The van der Waals surface area contributed by atoms with E-state index in [1.807, 2.05) is 44.2 Å². The van der Waals surface area contributed by atoms with Gasteiger partial charge in [-0.05, 0) is 45.0 Å². The summed E-state index contributed by atoms with van der Waals surface area (Å²) in [5, 5.41) is 2.63. The van der Waals surface area contributed by atoms with E-state index in [2.05, 4.69) is 5.32 Å². The normalized spacial score (nSPS) is 11.5. The van der Waals surface area contributed by atoms with Crippen LogP contribution < -0.4 is 10.1 Å². The maximum Gasteiger partial charge on any atom is 0.328 e. The smallest absolute Gasteiger partial charge is 0.328 e. The van der Waals surface area contributed by atoms with E-state index in [1.54, 1.807) is 25.1 Å². The van der Waals surface area contributed by atoms with Gasteiger partial charge in [0.2, 0.25) is 0 Å². The highest BCUT2D eigenvalue weighted by Gasteiger charge is 2.18. The quantitative estimate of drug-likeness (QED) is 0.621. The fourth-order valence-corrected chi connectivity index (χ4v) is 2.19. The topological polar surface area (TPSA) is 64.6 Å². The van der Waals surface area contributed by atoms with Gasteiger partial charge in [-0.3, -0.25) is 4.79 Å². The van der Waals surface area contributed by atoms with Gasteiger partial charge in [-0.2, -0.15) is 0 Å². The molecule has 0 radical (unpaired) electrons. The Balaban J connectivity index is 1.72. The lowest BCUT2D eigenvalue weighted by atomic mass is 10.1. The number of carbonyl (C=O) groups excluding carboxylic acids is 2. The predicted molar refractivity (Wildman–Crippen MR) is 95.7 cm³/mol. The molecule has 1 N–H and O–H groups in total. The van der Waals surface area contributed by atoms with Crippen LogP contribution in [0.1, 0.15) is 28.4 Å². The lowest BCUT2D eigenvalue weighted by Crippen LogP contribution is -2.40. The number of esters is 1. The van der Waals surface area contributed by atoms with Crippen molar-refractivity contribution in [2.24, 2.45) is 0 Å². The first kappa shape index (κ1) is 18.5. The van der Waals surface area contributed by atoms with Crippen molar-refractivity contribution >= 4 is 11.9 Å². The van der Waals surface area contributed by atoms with E-state index in [4.69, 9.17) is 9.47 Å². The molecule has 0 aliphatic carbocycles. The second kappa shape index (κ2) is 8.87. The summed E-state index contributed by atoms with van der Waals surface area (Å²) < 4.78 is 10.6. The van der Waals surface area contributed by atoms with Crippen LogP contribution in [0.15, 0.2) is 48.5 Å². The Bertz CT molecular complexity index is 725. The molecule has 2 rings (SSSR count). The molecule has 0 heterocycles. The molecule has 5 nitrogen and oxygen atoms in total. The van der Waals surface area contributed by atoms with E-state index >= 15 is 0 Å². The average molecular weight is 341 g/mol. The van der Waals surface area contributed by atoms with Crippen molar-refractivity contribution in [1.82, 2.24) is 5.32 Å². The van der Waals surface area contributed by atoms with Crippen LogP contribution in [0.4, 0.5) is 0 Å². The molecule has 5 heteroatoms. The monoisotopic (exact) mass is 341 g/mol. The lowest BCUT2D eigenvalue weighted by molar-refractivity contribution is -0.146. The second-order valence-electron chi connectivity index (χ2n) is 5.89. The molecule has 0 aliphatic heterocycles. The van der Waals surface area contributed by atoms with Crippen LogP contribution in [-0.4, -0.2) is 31.1 Å². The third kappa shape index (κ3) is 5.95. The second-order valence-corrected chi connectivity index (χ2v) is 5.89. The zero-order chi connectivity index (χ0) is 18.2. The standard InChI is InChI=1S/C20H23NO4/c1-14-7-9-18(10-8-14)24-11-12-25-20(23)16(3)21-19(22)17-6-4-5-15(2)13-17/h4-10,13,16H,11-12H2,1-3H3,(H,21,22)/t16-/m0/s1. The number of hydrogen-bond acceptors (Lipinski definition) is 4. The summed E-state index contributed by atoms with van der Waals surface area (Å²) in [5.41, 5.74) is 2.65. The van der Waals surface area contributed by atoms with Crippen LogP contribution in [0.2, 0.25) is 0 Å². The maximum absolute atomic E-state index is 12.1. The lowest BCUT2D eigenvalue weighted by Gasteiger charge is -2.14. The molecule has 2 aromatic rings. The number of amides is 1. The molecule has 0 spiro atoms. The fraction of sp³-hybridized carbons (Fsp3) is 0.300. The van der Waals surface area contributed by atoms with Crippen molar-refractivity contribution in [3.05, 3.63) is 65.2 Å². The van der Waals surface area contributed by atoms with Crippen molar-refractivity contribution in [3.8, 4) is 5.75 Å². The molecule has 0 bridgehead atoms. The van der Waals surface area contributed by atoms with Gasteiger partial charge in [-0.25, -0.2) is 4.79 Å². The number of rotatable bonds is 7. The Morgan fingerprint density at radius 1 is 1.00 bits per heavy atom. The van der Waals surface area contributed by atoms with E-state index < -0.39 is 12.0 Å². The molecular weight excluding hydrogens is 318 g/mol. The third-order valence-corrected chi connectivity index (χ3v) is 3.60. The Morgan fingerprint density at radius 2 is 1.72 bits per heavy atom. The van der Waals surface area contributed by atoms with Crippen LogP contribution >= 0.6 is 0 Å². The van der Waals surface area contributed by atoms with Gasteiger partial charge in [0, 0.05) is 5.56 Å². The zero-order valence-electron chi connectivity index (χ0n) is 14.7. The highest BCUT2D eigenvalue weighted by Crippen LogP contribution is 2.11. The number of benzene rings is 2. The molecule has 25 heavy (non-hydrogen) atoms. The molecular formula is C20H23NO4. The van der Waals surface area contributed by atoms with Crippen LogP contribution in [0.3, 0.4) is 0 Å². The van der Waals surface area contributed by atoms with Crippen LogP contribution in [-0.2, 0) is 9.53 Å². The number of ether oxygens (including phenoxy) is 2. The summed E-state index contributed by atoms with van der Waals surface area (Å²) in [7, 11) is 0. The molecule has 1 atom stereocenters. The van der Waals surface area contributed by atoms with Gasteiger partial charge in [0.1, 0.15) is 25.0 Å². The largest absolute Gasteiger partial charge is 0.490 e. The molecule has 0 saturated heterocycles. The van der Waals surface area contributed by atoms with Crippen LogP contribution in [0.5, 0.6) is 5.75 Å². The highest BCUT2D eigenvalue weighted by molar-refractivity contribution is 5.96. The number of nitrogens with one attached hydrogen (secondary N) is 1. The number of hydrogen-bond donors (Lipinski definition) is 1. The SMILES string of the molecule is Cc1ccc(OCCOC(=O)[C@H](C)NC(=O)c2cccc(C)c2)cc1. The van der Waals surface area contributed by atoms with Gasteiger partial charge >= 0.3 is 5.97 Å². The van der Waals surface area contributed by atoms with E-state index in [1.165, 1.54) is 0 Å². The first-order valence-electron chi connectivity index (χ1n) is 8.19. The Kier molecular flexibility index (Phi) is 6.57. The van der Waals surface area contributed by atoms with Gasteiger partial charge in [-0.15, -0.1) is 0 Å². The summed E-state index contributed by atoms with van der Waals surface area (Å²) >= 11 is 0. The van der Waals surface area contributed by atoms with Crippen LogP contribution in [0, 0.1) is 13.8 Å². The van der Waals surface area contributed by atoms with Gasteiger partial charge in [0.05, 0.1) is 0 Å². The summed E-state index contributed by atoms with van der Waals surface area (Å²) in [6.07, 6.45) is 0. The Hall–Kier alpha value is -2.82. The van der Waals surface area contributed by atoms with E-state index in [0.29, 0.717) is 5.56 Å². The molecule has 0 saturated carbocycles. The van der Waals surface area contributed by atoms with Gasteiger partial charge in [0.15, 0.2) is 0 Å². The third-order valence-electron chi connectivity index (χ3n) is 3.60. The molecule has 0 fully saturated rings. The van der Waals surface area contributed by atoms with Crippen molar-refractivity contribution in [2.45, 2.75) is 26.8 Å². The van der Waals surface area contributed by atoms with Crippen LogP contribution in [0.25, 0.3) is 0 Å². The van der Waals surface area contributed by atoms with E-state index in [0.717, 1.165) is 16.9 Å². The molecule has 0 aliphatic rings.